The summed E-state index contributed by atoms with van der Waals surface area (Å²) in [5.74, 6) is 2.33. The van der Waals surface area contributed by atoms with Gasteiger partial charge in [0, 0.05) is 26.8 Å². The van der Waals surface area contributed by atoms with Crippen LogP contribution in [0.5, 0.6) is 0 Å². The molecule has 3 heteroatoms. The van der Waals surface area contributed by atoms with Crippen LogP contribution in [-0.4, -0.2) is 5.78 Å². The standard InChI is InChI=1S/C25H30OS2/c1-25(2,27)21-10-14-23(15-11-21)28-22-12-8-18(9-13-22)24(26)20-7-6-17-4-3-5-19(17)16-20/h8-15,17,19-20,27H,3-7,16H2,1-2H3/p+1. The van der Waals surface area contributed by atoms with E-state index in [9.17, 15) is 4.79 Å². The fourth-order valence-electron chi connectivity index (χ4n) is 4.94. The molecule has 2 saturated carbocycles. The van der Waals surface area contributed by atoms with Crippen LogP contribution in [0.25, 0.3) is 0 Å². The average Bonchev–Trinajstić information content (AvgIpc) is 3.15. The summed E-state index contributed by atoms with van der Waals surface area (Å²) in [4.78, 5) is 15.4. The molecule has 3 unspecified atom stereocenters. The summed E-state index contributed by atoms with van der Waals surface area (Å²) in [5, 5.41) is 0. The second kappa shape index (κ2) is 8.28. The van der Waals surface area contributed by atoms with Crippen molar-refractivity contribution in [1.29, 1.82) is 0 Å². The van der Waals surface area contributed by atoms with Gasteiger partial charge < -0.3 is 0 Å². The van der Waals surface area contributed by atoms with Crippen molar-refractivity contribution < 1.29 is 4.79 Å². The van der Waals surface area contributed by atoms with Gasteiger partial charge in [-0.05, 0) is 81.8 Å². The van der Waals surface area contributed by atoms with Gasteiger partial charge >= 0.3 is 0 Å². The Morgan fingerprint density at radius 1 is 0.893 bits per heavy atom. The lowest BCUT2D eigenvalue weighted by Gasteiger charge is -2.31. The molecule has 3 atom stereocenters. The lowest BCUT2D eigenvalue weighted by Crippen LogP contribution is -2.26. The van der Waals surface area contributed by atoms with E-state index in [4.69, 9.17) is 0 Å². The highest BCUT2D eigenvalue weighted by Gasteiger charge is 2.36. The van der Waals surface area contributed by atoms with Crippen molar-refractivity contribution in [3.05, 3.63) is 59.7 Å². The first-order valence-corrected chi connectivity index (χ1v) is 11.9. The van der Waals surface area contributed by atoms with Gasteiger partial charge in [-0.3, -0.25) is 4.79 Å². The largest absolute Gasteiger partial charge is 0.294 e. The summed E-state index contributed by atoms with van der Waals surface area (Å²) in [6, 6.07) is 16.9. The molecular weight excluding hydrogens is 380 g/mol. The first-order valence-electron chi connectivity index (χ1n) is 10.6. The Kier molecular flexibility index (Phi) is 5.94. The highest BCUT2D eigenvalue weighted by atomic mass is 32.2. The zero-order chi connectivity index (χ0) is 19.7. The summed E-state index contributed by atoms with van der Waals surface area (Å²) in [6.45, 7) is 4.31. The number of carbonyl (C=O) groups excluding carboxylic acids is 1. The number of hydrogen-bond donors (Lipinski definition) is 0. The van der Waals surface area contributed by atoms with E-state index in [1.807, 2.05) is 12.1 Å². The third-order valence-electron chi connectivity index (χ3n) is 6.61. The van der Waals surface area contributed by atoms with Crippen LogP contribution in [0, 0.1) is 17.8 Å². The molecule has 0 amide bonds. The molecule has 2 fully saturated rings. The molecule has 1 nitrogen and oxygen atoms in total. The Bertz CT molecular complexity index is 817. The van der Waals surface area contributed by atoms with E-state index in [1.54, 1.807) is 11.8 Å². The Hall–Kier alpha value is -1.19. The van der Waals surface area contributed by atoms with Crippen molar-refractivity contribution >= 4 is 30.2 Å². The summed E-state index contributed by atoms with van der Waals surface area (Å²) in [6.07, 6.45) is 7.58. The van der Waals surface area contributed by atoms with Crippen LogP contribution in [0.15, 0.2) is 58.3 Å². The number of benzene rings is 2. The van der Waals surface area contributed by atoms with Crippen LogP contribution in [0.4, 0.5) is 0 Å². The summed E-state index contributed by atoms with van der Waals surface area (Å²) >= 11 is 5.51. The van der Waals surface area contributed by atoms with E-state index in [-0.39, 0.29) is 10.7 Å². The van der Waals surface area contributed by atoms with E-state index < -0.39 is 0 Å². The number of Topliss-reactive ketones (excluding diaryl/α,β-unsaturated/α-hetero) is 1. The van der Waals surface area contributed by atoms with Gasteiger partial charge in [0.15, 0.2) is 5.78 Å². The monoisotopic (exact) mass is 411 g/mol. The van der Waals surface area contributed by atoms with Crippen molar-refractivity contribution in [3.8, 4) is 0 Å². The Morgan fingerprint density at radius 3 is 2.14 bits per heavy atom. The molecule has 0 aromatic heterocycles. The van der Waals surface area contributed by atoms with Gasteiger partial charge in [0.05, 0.1) is 0 Å². The Morgan fingerprint density at radius 2 is 1.50 bits per heavy atom. The fourth-order valence-corrected chi connectivity index (χ4v) is 5.92. The second-order valence-corrected chi connectivity index (χ2v) is 11.5. The van der Waals surface area contributed by atoms with Crippen molar-refractivity contribution in [3.63, 3.8) is 0 Å². The average molecular weight is 412 g/mol. The number of ketones is 1. The molecule has 2 aliphatic carbocycles. The maximum absolute atomic E-state index is 13.0. The van der Waals surface area contributed by atoms with Crippen molar-refractivity contribution in [1.82, 2.24) is 0 Å². The van der Waals surface area contributed by atoms with E-state index in [0.717, 1.165) is 30.2 Å². The van der Waals surface area contributed by atoms with Crippen LogP contribution in [0.1, 0.15) is 68.3 Å². The highest BCUT2D eigenvalue weighted by molar-refractivity contribution is 7.99. The molecule has 0 saturated heterocycles. The highest BCUT2D eigenvalue weighted by Crippen LogP contribution is 2.45. The van der Waals surface area contributed by atoms with E-state index in [0.29, 0.717) is 5.78 Å². The topological polar surface area (TPSA) is 17.1 Å². The first-order chi connectivity index (χ1) is 13.4. The van der Waals surface area contributed by atoms with E-state index in [1.165, 1.54) is 41.0 Å². The molecule has 0 N–H and O–H groups in total. The first kappa shape index (κ1) is 20.1. The number of carbonyl (C=O) groups is 1. The lowest BCUT2D eigenvalue weighted by molar-refractivity contribution is 0.0837. The molecular formula is C25H31OS2+. The Labute approximate surface area is 179 Å². The van der Waals surface area contributed by atoms with Gasteiger partial charge in [-0.25, -0.2) is 0 Å². The van der Waals surface area contributed by atoms with Gasteiger partial charge in [0.2, 0.25) is 0 Å². The summed E-state index contributed by atoms with van der Waals surface area (Å²) in [7, 11) is 0. The normalized spacial score (nSPS) is 24.8. The number of hydrogen-bond acceptors (Lipinski definition) is 2. The maximum atomic E-state index is 13.0. The zero-order valence-electron chi connectivity index (χ0n) is 16.9. The molecule has 28 heavy (non-hydrogen) atoms. The molecule has 0 heterocycles. The Balaban J connectivity index is 1.39. The molecule has 0 aliphatic heterocycles. The molecule has 2 aromatic rings. The SMILES string of the molecule is CC(C)([SH2+])c1ccc(Sc2ccc(C(=O)C3CCC4CCCC4C3)cc2)cc1. The smallest absolute Gasteiger partial charge is 0.165 e. The van der Waals surface area contributed by atoms with Crippen molar-refractivity contribution in [2.45, 2.75) is 66.9 Å². The minimum atomic E-state index is -0.0111. The second-order valence-electron chi connectivity index (χ2n) is 9.10. The molecule has 2 aromatic carbocycles. The van der Waals surface area contributed by atoms with E-state index in [2.05, 4.69) is 62.9 Å². The predicted molar refractivity (Wildman–Crippen MR) is 123 cm³/mol. The van der Waals surface area contributed by atoms with Gasteiger partial charge in [0.1, 0.15) is 4.75 Å². The van der Waals surface area contributed by atoms with Gasteiger partial charge in [-0.2, -0.15) is 0 Å². The van der Waals surface area contributed by atoms with Crippen molar-refractivity contribution in [2.24, 2.45) is 17.8 Å². The fraction of sp³-hybridized carbons (Fsp3) is 0.480. The molecule has 0 radical (unpaired) electrons. The van der Waals surface area contributed by atoms with Crippen LogP contribution >= 0.6 is 11.8 Å². The summed E-state index contributed by atoms with van der Waals surface area (Å²) in [5.41, 5.74) is 2.16. The third-order valence-corrected chi connectivity index (χ3v) is 7.92. The zero-order valence-corrected chi connectivity index (χ0v) is 18.7. The van der Waals surface area contributed by atoms with Crippen molar-refractivity contribution in [2.75, 3.05) is 0 Å². The van der Waals surface area contributed by atoms with Gasteiger partial charge in [0.25, 0.3) is 0 Å². The van der Waals surface area contributed by atoms with Crippen LogP contribution < -0.4 is 0 Å². The molecule has 4 rings (SSSR count). The minimum Gasteiger partial charge on any atom is -0.294 e. The molecule has 2 aliphatic rings. The predicted octanol–water partition coefficient (Wildman–Crippen LogP) is 6.48. The molecule has 148 valence electrons. The summed E-state index contributed by atoms with van der Waals surface area (Å²) < 4.78 is -0.0111. The van der Waals surface area contributed by atoms with Gasteiger partial charge in [-0.1, -0.05) is 55.3 Å². The molecule has 0 spiro atoms. The van der Waals surface area contributed by atoms with Crippen LogP contribution in [0.2, 0.25) is 0 Å². The lowest BCUT2D eigenvalue weighted by atomic mass is 9.73. The van der Waals surface area contributed by atoms with Crippen LogP contribution in [-0.2, 0) is 17.4 Å². The van der Waals surface area contributed by atoms with Gasteiger partial charge in [-0.15, -0.1) is 0 Å². The number of rotatable bonds is 5. The molecule has 0 bridgehead atoms. The quantitative estimate of drug-likeness (QED) is 0.413. The number of fused-ring (bicyclic) bond motifs is 1. The van der Waals surface area contributed by atoms with Crippen LogP contribution in [0.3, 0.4) is 0 Å². The van der Waals surface area contributed by atoms with E-state index >= 15 is 0 Å². The third kappa shape index (κ3) is 4.52. The minimum absolute atomic E-state index is 0.0111. The maximum Gasteiger partial charge on any atom is 0.165 e.